The van der Waals surface area contributed by atoms with Gasteiger partial charge in [-0.25, -0.2) is 4.68 Å². The van der Waals surface area contributed by atoms with Gasteiger partial charge >= 0.3 is 0 Å². The van der Waals surface area contributed by atoms with E-state index in [4.69, 9.17) is 19.2 Å². The summed E-state index contributed by atoms with van der Waals surface area (Å²) in [6, 6.07) is 13.3. The fourth-order valence-corrected chi connectivity index (χ4v) is 4.53. The number of fused-ring (bicyclic) bond motifs is 2. The standard InChI is InChI=1S/C23H23N5O4S/c1-14-21-22(28(26-14)16-5-7-17(30-3)8-6-16)25-23(33-21)27(2)12-20(29)24-11-15-4-9-18-19(10-15)32-13-31-18/h4-10H,11-13H2,1-3H3,(H,24,29). The lowest BCUT2D eigenvalue weighted by atomic mass is 10.2. The number of benzene rings is 2. The van der Waals surface area contributed by atoms with Crippen LogP contribution in [0.2, 0.25) is 0 Å². The zero-order chi connectivity index (χ0) is 22.9. The number of rotatable bonds is 7. The summed E-state index contributed by atoms with van der Waals surface area (Å²) in [4.78, 5) is 19.2. The Morgan fingerprint density at radius 1 is 1.21 bits per heavy atom. The molecule has 10 heteroatoms. The number of hydrogen-bond acceptors (Lipinski definition) is 8. The average molecular weight is 466 g/mol. The van der Waals surface area contributed by atoms with E-state index in [2.05, 4.69) is 10.4 Å². The molecule has 1 aliphatic heterocycles. The minimum atomic E-state index is -0.0945. The van der Waals surface area contributed by atoms with E-state index in [0.29, 0.717) is 12.3 Å². The Kier molecular flexibility index (Phi) is 5.51. The summed E-state index contributed by atoms with van der Waals surface area (Å²) in [5, 5.41) is 8.34. The number of aryl methyl sites for hydroxylation is 1. The zero-order valence-corrected chi connectivity index (χ0v) is 19.3. The maximum Gasteiger partial charge on any atom is 0.239 e. The molecule has 1 N–H and O–H groups in total. The molecule has 0 saturated heterocycles. The van der Waals surface area contributed by atoms with Gasteiger partial charge in [0.15, 0.2) is 22.3 Å². The van der Waals surface area contributed by atoms with Crippen LogP contribution in [0.5, 0.6) is 17.2 Å². The summed E-state index contributed by atoms with van der Waals surface area (Å²) < 4.78 is 18.8. The van der Waals surface area contributed by atoms with E-state index in [9.17, 15) is 4.79 Å². The Bertz CT molecular complexity index is 1310. The summed E-state index contributed by atoms with van der Waals surface area (Å²) in [6.07, 6.45) is 0. The zero-order valence-electron chi connectivity index (χ0n) is 18.5. The van der Waals surface area contributed by atoms with Crippen LogP contribution in [0.3, 0.4) is 0 Å². The molecule has 2 aromatic carbocycles. The maximum absolute atomic E-state index is 12.5. The fraction of sp³-hybridized carbons (Fsp3) is 0.261. The summed E-state index contributed by atoms with van der Waals surface area (Å²) in [5.41, 5.74) is 3.51. The molecule has 3 heterocycles. The molecule has 0 atom stereocenters. The quantitative estimate of drug-likeness (QED) is 0.448. The van der Waals surface area contributed by atoms with Crippen LogP contribution in [0.25, 0.3) is 16.0 Å². The van der Waals surface area contributed by atoms with Crippen molar-refractivity contribution >= 4 is 32.7 Å². The first-order valence-electron chi connectivity index (χ1n) is 10.4. The number of ether oxygens (including phenoxy) is 3. The number of anilines is 1. The fourth-order valence-electron chi connectivity index (χ4n) is 3.58. The van der Waals surface area contributed by atoms with Crippen molar-refractivity contribution in [2.24, 2.45) is 0 Å². The predicted molar refractivity (Wildman–Crippen MR) is 126 cm³/mol. The topological polar surface area (TPSA) is 90.7 Å². The number of carbonyl (C=O) groups is 1. The highest BCUT2D eigenvalue weighted by atomic mass is 32.1. The summed E-state index contributed by atoms with van der Waals surface area (Å²) >= 11 is 1.52. The van der Waals surface area contributed by atoms with Gasteiger partial charge in [-0.3, -0.25) is 4.79 Å². The van der Waals surface area contributed by atoms with Gasteiger partial charge in [-0.1, -0.05) is 17.4 Å². The summed E-state index contributed by atoms with van der Waals surface area (Å²) in [6.45, 7) is 2.79. The largest absolute Gasteiger partial charge is 0.497 e. The maximum atomic E-state index is 12.5. The monoisotopic (exact) mass is 465 g/mol. The molecule has 0 radical (unpaired) electrons. The van der Waals surface area contributed by atoms with Crippen molar-refractivity contribution < 1.29 is 19.0 Å². The second-order valence-corrected chi connectivity index (χ2v) is 8.64. The van der Waals surface area contributed by atoms with Gasteiger partial charge in [0, 0.05) is 13.6 Å². The molecule has 2 aromatic heterocycles. The molecular formula is C23H23N5O4S. The number of likely N-dealkylation sites (N-methyl/N-ethyl adjacent to an activating group) is 1. The number of carbonyl (C=O) groups excluding carboxylic acids is 1. The van der Waals surface area contributed by atoms with Gasteiger partial charge in [0.05, 0.1) is 29.7 Å². The number of nitrogens with zero attached hydrogens (tertiary/aromatic N) is 4. The van der Waals surface area contributed by atoms with Gasteiger partial charge in [0.1, 0.15) is 5.75 Å². The lowest BCUT2D eigenvalue weighted by molar-refractivity contribution is -0.119. The molecule has 33 heavy (non-hydrogen) atoms. The molecule has 0 saturated carbocycles. The first kappa shape index (κ1) is 21.1. The van der Waals surface area contributed by atoms with Gasteiger partial charge in [-0.2, -0.15) is 10.1 Å². The number of methoxy groups -OCH3 is 1. The Balaban J connectivity index is 1.27. The second-order valence-electron chi connectivity index (χ2n) is 7.66. The Hall–Kier alpha value is -3.79. The lowest BCUT2D eigenvalue weighted by Crippen LogP contribution is -2.34. The third-order valence-corrected chi connectivity index (χ3v) is 6.60. The van der Waals surface area contributed by atoms with E-state index in [0.717, 1.165) is 43.9 Å². The van der Waals surface area contributed by atoms with E-state index >= 15 is 0 Å². The minimum Gasteiger partial charge on any atom is -0.497 e. The molecule has 1 amide bonds. The summed E-state index contributed by atoms with van der Waals surface area (Å²) in [7, 11) is 3.50. The van der Waals surface area contributed by atoms with Crippen LogP contribution >= 0.6 is 11.3 Å². The molecule has 1 aliphatic rings. The molecule has 0 fully saturated rings. The molecule has 4 aromatic rings. The predicted octanol–water partition coefficient (Wildman–Crippen LogP) is 3.28. The number of aromatic nitrogens is 3. The highest BCUT2D eigenvalue weighted by Crippen LogP contribution is 2.33. The number of hydrogen-bond donors (Lipinski definition) is 1. The molecule has 0 bridgehead atoms. The van der Waals surface area contributed by atoms with Crippen LogP contribution in [0.1, 0.15) is 11.3 Å². The van der Waals surface area contributed by atoms with Crippen molar-refractivity contribution in [1.82, 2.24) is 20.1 Å². The van der Waals surface area contributed by atoms with Crippen LogP contribution in [0.15, 0.2) is 42.5 Å². The number of thiazole rings is 1. The molecule has 9 nitrogen and oxygen atoms in total. The number of amides is 1. The van der Waals surface area contributed by atoms with Gasteiger partial charge in [-0.15, -0.1) is 0 Å². The van der Waals surface area contributed by atoms with Gasteiger partial charge < -0.3 is 24.4 Å². The van der Waals surface area contributed by atoms with Crippen molar-refractivity contribution in [3.8, 4) is 22.9 Å². The van der Waals surface area contributed by atoms with Crippen molar-refractivity contribution in [1.29, 1.82) is 0 Å². The van der Waals surface area contributed by atoms with Crippen LogP contribution in [-0.2, 0) is 11.3 Å². The minimum absolute atomic E-state index is 0.0945. The van der Waals surface area contributed by atoms with Crippen molar-refractivity contribution in [2.45, 2.75) is 13.5 Å². The molecule has 0 aliphatic carbocycles. The third-order valence-electron chi connectivity index (χ3n) is 5.33. The Labute approximate surface area is 194 Å². The van der Waals surface area contributed by atoms with Crippen LogP contribution in [0, 0.1) is 6.92 Å². The van der Waals surface area contributed by atoms with E-state index in [1.807, 2.05) is 66.0 Å². The van der Waals surface area contributed by atoms with E-state index in [1.165, 1.54) is 11.3 Å². The van der Waals surface area contributed by atoms with E-state index < -0.39 is 0 Å². The molecule has 0 spiro atoms. The van der Waals surface area contributed by atoms with Crippen LogP contribution in [-0.4, -0.2) is 48.2 Å². The highest BCUT2D eigenvalue weighted by Gasteiger charge is 2.19. The normalized spacial score (nSPS) is 12.2. The van der Waals surface area contributed by atoms with Gasteiger partial charge in [0.25, 0.3) is 0 Å². The Morgan fingerprint density at radius 2 is 2.00 bits per heavy atom. The SMILES string of the molecule is COc1ccc(-n2nc(C)c3sc(N(C)CC(=O)NCc4ccc5c(c4)OCO5)nc32)cc1. The van der Waals surface area contributed by atoms with Crippen molar-refractivity contribution in [3.63, 3.8) is 0 Å². The van der Waals surface area contributed by atoms with Crippen LogP contribution in [0.4, 0.5) is 5.13 Å². The smallest absolute Gasteiger partial charge is 0.239 e. The first-order valence-corrected chi connectivity index (χ1v) is 11.2. The third kappa shape index (κ3) is 4.17. The molecule has 0 unspecified atom stereocenters. The van der Waals surface area contributed by atoms with E-state index in [-0.39, 0.29) is 19.2 Å². The second kappa shape index (κ2) is 8.62. The lowest BCUT2D eigenvalue weighted by Gasteiger charge is -2.15. The first-order chi connectivity index (χ1) is 16.0. The average Bonchev–Trinajstić information content (AvgIpc) is 3.54. The molecule has 170 valence electrons. The van der Waals surface area contributed by atoms with Gasteiger partial charge in [0.2, 0.25) is 12.7 Å². The van der Waals surface area contributed by atoms with Gasteiger partial charge in [-0.05, 0) is 48.9 Å². The molecule has 5 rings (SSSR count). The number of nitrogens with one attached hydrogen (secondary N) is 1. The molecular weight excluding hydrogens is 442 g/mol. The summed E-state index contributed by atoms with van der Waals surface area (Å²) in [5.74, 6) is 2.12. The highest BCUT2D eigenvalue weighted by molar-refractivity contribution is 7.22. The Morgan fingerprint density at radius 3 is 2.79 bits per heavy atom. The van der Waals surface area contributed by atoms with E-state index in [1.54, 1.807) is 7.11 Å². The van der Waals surface area contributed by atoms with Crippen molar-refractivity contribution in [3.05, 3.63) is 53.7 Å². The van der Waals surface area contributed by atoms with Crippen molar-refractivity contribution in [2.75, 3.05) is 32.4 Å². The van der Waals surface area contributed by atoms with Crippen LogP contribution < -0.4 is 24.4 Å².